The Morgan fingerprint density at radius 2 is 2.00 bits per heavy atom. The summed E-state index contributed by atoms with van der Waals surface area (Å²) in [5.41, 5.74) is 0. The zero-order valence-electron chi connectivity index (χ0n) is 11.7. The van der Waals surface area contributed by atoms with Gasteiger partial charge in [-0.3, -0.25) is 4.99 Å². The molecular formula is C12H28IN3O. The van der Waals surface area contributed by atoms with Gasteiger partial charge >= 0.3 is 0 Å². The summed E-state index contributed by atoms with van der Waals surface area (Å²) >= 11 is 0. The molecule has 0 atom stereocenters. The third-order valence-electron chi connectivity index (χ3n) is 2.24. The molecule has 0 aliphatic carbocycles. The SMILES string of the molecule is CCCCN(C)C(=NCCOCC)NCC.I. The van der Waals surface area contributed by atoms with Gasteiger partial charge in [-0.25, -0.2) is 0 Å². The zero-order chi connectivity index (χ0) is 12.2. The van der Waals surface area contributed by atoms with Gasteiger partial charge in [0, 0.05) is 26.7 Å². The quantitative estimate of drug-likeness (QED) is 0.314. The van der Waals surface area contributed by atoms with Crippen LogP contribution in [0.1, 0.15) is 33.6 Å². The molecule has 1 N–H and O–H groups in total. The van der Waals surface area contributed by atoms with Gasteiger partial charge in [0.1, 0.15) is 0 Å². The predicted molar refractivity (Wildman–Crippen MR) is 85.4 cm³/mol. The van der Waals surface area contributed by atoms with E-state index in [9.17, 15) is 0 Å². The lowest BCUT2D eigenvalue weighted by atomic mass is 10.3. The van der Waals surface area contributed by atoms with Gasteiger partial charge in [-0.15, -0.1) is 24.0 Å². The predicted octanol–water partition coefficient (Wildman–Crippen LogP) is 2.34. The Morgan fingerprint density at radius 3 is 2.53 bits per heavy atom. The number of halogens is 1. The van der Waals surface area contributed by atoms with Crippen LogP contribution in [0.4, 0.5) is 0 Å². The van der Waals surface area contributed by atoms with Crippen LogP contribution in [0.5, 0.6) is 0 Å². The first-order valence-electron chi connectivity index (χ1n) is 6.33. The lowest BCUT2D eigenvalue weighted by Gasteiger charge is -2.21. The van der Waals surface area contributed by atoms with Crippen LogP contribution < -0.4 is 5.32 Å². The first kappa shape index (κ1) is 19.3. The normalized spacial score (nSPS) is 10.9. The molecule has 0 aromatic rings. The van der Waals surface area contributed by atoms with E-state index in [1.54, 1.807) is 0 Å². The summed E-state index contributed by atoms with van der Waals surface area (Å²) < 4.78 is 5.27. The highest BCUT2D eigenvalue weighted by Crippen LogP contribution is 1.93. The average molecular weight is 357 g/mol. The molecule has 0 radical (unpaired) electrons. The van der Waals surface area contributed by atoms with Crippen LogP contribution in [-0.2, 0) is 4.74 Å². The van der Waals surface area contributed by atoms with E-state index in [4.69, 9.17) is 4.74 Å². The molecule has 0 bridgehead atoms. The fourth-order valence-electron chi connectivity index (χ4n) is 1.33. The van der Waals surface area contributed by atoms with E-state index in [-0.39, 0.29) is 24.0 Å². The Labute approximate surface area is 123 Å². The van der Waals surface area contributed by atoms with Crippen molar-refractivity contribution in [2.24, 2.45) is 4.99 Å². The topological polar surface area (TPSA) is 36.9 Å². The highest BCUT2D eigenvalue weighted by atomic mass is 127. The Kier molecular flexibility index (Phi) is 15.9. The fourth-order valence-corrected chi connectivity index (χ4v) is 1.33. The summed E-state index contributed by atoms with van der Waals surface area (Å²) in [6.45, 7) is 10.4. The fraction of sp³-hybridized carbons (Fsp3) is 0.917. The van der Waals surface area contributed by atoms with E-state index in [2.05, 4.69) is 36.1 Å². The first-order chi connectivity index (χ1) is 7.76. The van der Waals surface area contributed by atoms with Crippen molar-refractivity contribution in [3.8, 4) is 0 Å². The second-order valence-electron chi connectivity index (χ2n) is 3.71. The van der Waals surface area contributed by atoms with Gasteiger partial charge < -0.3 is 15.0 Å². The van der Waals surface area contributed by atoms with Gasteiger partial charge in [-0.1, -0.05) is 13.3 Å². The molecule has 5 heteroatoms. The number of hydrogen-bond acceptors (Lipinski definition) is 2. The van der Waals surface area contributed by atoms with E-state index in [1.807, 2.05) is 6.92 Å². The molecule has 4 nitrogen and oxygen atoms in total. The minimum absolute atomic E-state index is 0. The summed E-state index contributed by atoms with van der Waals surface area (Å²) in [5, 5.41) is 3.29. The monoisotopic (exact) mass is 357 g/mol. The van der Waals surface area contributed by atoms with E-state index < -0.39 is 0 Å². The number of nitrogens with one attached hydrogen (secondary N) is 1. The number of unbranched alkanes of at least 4 members (excludes halogenated alkanes) is 1. The molecule has 0 spiro atoms. The Bertz CT molecular complexity index is 189. The second-order valence-corrected chi connectivity index (χ2v) is 3.71. The molecule has 0 unspecified atom stereocenters. The number of guanidine groups is 1. The number of hydrogen-bond donors (Lipinski definition) is 1. The lowest BCUT2D eigenvalue weighted by molar-refractivity contribution is 0.155. The molecular weight excluding hydrogens is 329 g/mol. The Hall–Kier alpha value is -0.0400. The van der Waals surface area contributed by atoms with Crippen LogP contribution in [0, 0.1) is 0 Å². The van der Waals surface area contributed by atoms with Crippen molar-refractivity contribution in [1.82, 2.24) is 10.2 Å². The maximum absolute atomic E-state index is 5.27. The standard InChI is InChI=1S/C12H27N3O.HI/c1-5-8-10-15(4)12(13-6-2)14-9-11-16-7-3;/h5-11H2,1-4H3,(H,13,14);1H. The van der Waals surface area contributed by atoms with Crippen LogP contribution in [0.2, 0.25) is 0 Å². The molecule has 0 saturated heterocycles. The number of aliphatic imine (C=N–C) groups is 1. The van der Waals surface area contributed by atoms with Crippen molar-refractivity contribution in [1.29, 1.82) is 0 Å². The van der Waals surface area contributed by atoms with Crippen molar-refractivity contribution >= 4 is 29.9 Å². The van der Waals surface area contributed by atoms with Gasteiger partial charge in [0.05, 0.1) is 13.2 Å². The van der Waals surface area contributed by atoms with Crippen molar-refractivity contribution in [3.63, 3.8) is 0 Å². The molecule has 0 aromatic heterocycles. The highest BCUT2D eigenvalue weighted by molar-refractivity contribution is 14.0. The smallest absolute Gasteiger partial charge is 0.193 e. The number of ether oxygens (including phenoxy) is 1. The molecule has 0 fully saturated rings. The molecule has 0 amide bonds. The minimum Gasteiger partial charge on any atom is -0.380 e. The lowest BCUT2D eigenvalue weighted by Crippen LogP contribution is -2.39. The van der Waals surface area contributed by atoms with Gasteiger partial charge in [-0.2, -0.15) is 0 Å². The molecule has 0 aliphatic rings. The summed E-state index contributed by atoms with van der Waals surface area (Å²) in [5.74, 6) is 0.982. The van der Waals surface area contributed by atoms with Gasteiger partial charge in [0.25, 0.3) is 0 Å². The summed E-state index contributed by atoms with van der Waals surface area (Å²) in [6.07, 6.45) is 2.41. The van der Waals surface area contributed by atoms with Crippen LogP contribution in [0.3, 0.4) is 0 Å². The molecule has 0 aliphatic heterocycles. The van der Waals surface area contributed by atoms with E-state index in [0.717, 1.165) is 32.2 Å². The zero-order valence-corrected chi connectivity index (χ0v) is 14.0. The molecule has 0 rings (SSSR count). The van der Waals surface area contributed by atoms with Crippen LogP contribution in [0.15, 0.2) is 4.99 Å². The van der Waals surface area contributed by atoms with Gasteiger partial charge in [0.2, 0.25) is 0 Å². The second kappa shape index (κ2) is 14.0. The molecule has 0 heterocycles. The van der Waals surface area contributed by atoms with Crippen molar-refractivity contribution in [2.75, 3.05) is 39.9 Å². The molecule has 0 aromatic carbocycles. The van der Waals surface area contributed by atoms with Crippen LogP contribution in [-0.4, -0.2) is 50.8 Å². The van der Waals surface area contributed by atoms with Crippen molar-refractivity contribution in [3.05, 3.63) is 0 Å². The molecule has 104 valence electrons. The van der Waals surface area contributed by atoms with Gasteiger partial charge in [0.15, 0.2) is 5.96 Å². The Balaban J connectivity index is 0. The van der Waals surface area contributed by atoms with Crippen LogP contribution >= 0.6 is 24.0 Å². The largest absolute Gasteiger partial charge is 0.380 e. The van der Waals surface area contributed by atoms with E-state index in [1.165, 1.54) is 12.8 Å². The minimum atomic E-state index is 0. The third kappa shape index (κ3) is 10.8. The third-order valence-corrected chi connectivity index (χ3v) is 2.24. The summed E-state index contributed by atoms with van der Waals surface area (Å²) in [4.78, 5) is 6.69. The number of rotatable bonds is 8. The van der Waals surface area contributed by atoms with Crippen molar-refractivity contribution in [2.45, 2.75) is 33.6 Å². The molecule has 17 heavy (non-hydrogen) atoms. The van der Waals surface area contributed by atoms with Crippen molar-refractivity contribution < 1.29 is 4.74 Å². The first-order valence-corrected chi connectivity index (χ1v) is 6.33. The van der Waals surface area contributed by atoms with E-state index >= 15 is 0 Å². The van der Waals surface area contributed by atoms with Gasteiger partial charge in [-0.05, 0) is 20.3 Å². The summed E-state index contributed by atoms with van der Waals surface area (Å²) in [7, 11) is 2.08. The molecule has 0 saturated carbocycles. The average Bonchev–Trinajstić information content (AvgIpc) is 2.30. The maximum atomic E-state index is 5.27. The Morgan fingerprint density at radius 1 is 1.29 bits per heavy atom. The maximum Gasteiger partial charge on any atom is 0.193 e. The van der Waals surface area contributed by atoms with Crippen LogP contribution in [0.25, 0.3) is 0 Å². The van der Waals surface area contributed by atoms with E-state index in [0.29, 0.717) is 6.61 Å². The highest BCUT2D eigenvalue weighted by Gasteiger charge is 2.03. The summed E-state index contributed by atoms with van der Waals surface area (Å²) in [6, 6.07) is 0. The number of nitrogens with zero attached hydrogens (tertiary/aromatic N) is 2.